The average Bonchev–Trinajstić information content (AvgIpc) is 3.38. The maximum Gasteiger partial charge on any atom is 0.152 e. The summed E-state index contributed by atoms with van der Waals surface area (Å²) in [7, 11) is 0. The molecule has 0 saturated heterocycles. The summed E-state index contributed by atoms with van der Waals surface area (Å²) >= 11 is 0. The third-order valence-electron chi connectivity index (χ3n) is 4.68. The predicted octanol–water partition coefficient (Wildman–Crippen LogP) is 4.93. The van der Waals surface area contributed by atoms with E-state index in [1.54, 1.807) is 12.1 Å². The summed E-state index contributed by atoms with van der Waals surface area (Å²) in [5, 5.41) is 14.1. The Bertz CT molecular complexity index is 899. The Morgan fingerprint density at radius 3 is 2.65 bits per heavy atom. The Morgan fingerprint density at radius 1 is 1.15 bits per heavy atom. The summed E-state index contributed by atoms with van der Waals surface area (Å²) < 4.78 is 13.1. The number of hydrogen-bond donors (Lipinski definition) is 4. The summed E-state index contributed by atoms with van der Waals surface area (Å²) in [6.45, 7) is 2.03. The molecule has 1 fully saturated rings. The van der Waals surface area contributed by atoms with Crippen LogP contribution in [0.3, 0.4) is 0 Å². The topological polar surface area (TPSA) is 78.8 Å². The van der Waals surface area contributed by atoms with E-state index in [2.05, 4.69) is 20.8 Å². The minimum absolute atomic E-state index is 0.0407. The lowest BCUT2D eigenvalue weighted by atomic mass is 10.1. The number of hydrogen-bond acceptors (Lipinski definition) is 4. The summed E-state index contributed by atoms with van der Waals surface area (Å²) in [5.41, 5.74) is 10.7. The molecule has 1 aliphatic rings. The van der Waals surface area contributed by atoms with Gasteiger partial charge in [-0.25, -0.2) is 4.39 Å². The molecule has 0 radical (unpaired) electrons. The number of rotatable bonds is 6. The first-order valence-electron chi connectivity index (χ1n) is 8.82. The van der Waals surface area contributed by atoms with Crippen molar-refractivity contribution in [3.63, 3.8) is 0 Å². The first kappa shape index (κ1) is 16.4. The van der Waals surface area contributed by atoms with Gasteiger partial charge in [0, 0.05) is 29.4 Å². The van der Waals surface area contributed by atoms with E-state index in [0.29, 0.717) is 11.6 Å². The van der Waals surface area contributed by atoms with Crippen molar-refractivity contribution in [2.45, 2.75) is 31.7 Å². The second-order valence-corrected chi connectivity index (χ2v) is 6.83. The van der Waals surface area contributed by atoms with Crippen molar-refractivity contribution < 1.29 is 4.39 Å². The van der Waals surface area contributed by atoms with Crippen molar-refractivity contribution in [2.75, 3.05) is 16.4 Å². The molecular formula is C20H22FN5. The molecule has 1 aliphatic carbocycles. The number of H-pyrrole nitrogens is 1. The van der Waals surface area contributed by atoms with Crippen molar-refractivity contribution in [2.24, 2.45) is 0 Å². The van der Waals surface area contributed by atoms with Gasteiger partial charge in [0.1, 0.15) is 5.82 Å². The van der Waals surface area contributed by atoms with Gasteiger partial charge in [-0.3, -0.25) is 5.10 Å². The molecule has 1 atom stereocenters. The minimum Gasteiger partial charge on any atom is -0.397 e. The molecule has 1 saturated carbocycles. The molecule has 6 heteroatoms. The molecule has 1 aromatic heterocycles. The Labute approximate surface area is 151 Å². The first-order valence-corrected chi connectivity index (χ1v) is 8.82. The van der Waals surface area contributed by atoms with Gasteiger partial charge in [0.15, 0.2) is 5.82 Å². The molecule has 0 amide bonds. The van der Waals surface area contributed by atoms with Gasteiger partial charge < -0.3 is 16.4 Å². The largest absolute Gasteiger partial charge is 0.397 e. The molecule has 5 nitrogen and oxygen atoms in total. The van der Waals surface area contributed by atoms with E-state index in [1.165, 1.54) is 30.7 Å². The molecule has 3 aromatic rings. The number of halogens is 1. The third kappa shape index (κ3) is 3.64. The molecule has 0 bridgehead atoms. The highest BCUT2D eigenvalue weighted by Crippen LogP contribution is 2.40. The molecule has 0 spiro atoms. The third-order valence-corrected chi connectivity index (χ3v) is 4.68. The summed E-state index contributed by atoms with van der Waals surface area (Å²) in [6, 6.07) is 14.3. The van der Waals surface area contributed by atoms with Crippen LogP contribution in [0.2, 0.25) is 0 Å². The Balaban J connectivity index is 1.48. The zero-order valence-electron chi connectivity index (χ0n) is 14.6. The van der Waals surface area contributed by atoms with E-state index in [-0.39, 0.29) is 11.9 Å². The number of aromatic amines is 1. The van der Waals surface area contributed by atoms with Crippen LogP contribution < -0.4 is 16.4 Å². The van der Waals surface area contributed by atoms with Crippen LogP contribution in [-0.4, -0.2) is 10.2 Å². The molecular weight excluding hydrogens is 329 g/mol. The zero-order chi connectivity index (χ0) is 18.1. The molecule has 0 aliphatic heterocycles. The lowest BCUT2D eigenvalue weighted by Gasteiger charge is -2.17. The van der Waals surface area contributed by atoms with Gasteiger partial charge in [0.2, 0.25) is 0 Å². The van der Waals surface area contributed by atoms with Crippen molar-refractivity contribution in [1.82, 2.24) is 10.2 Å². The Kier molecular flexibility index (Phi) is 4.24. The van der Waals surface area contributed by atoms with E-state index >= 15 is 0 Å². The summed E-state index contributed by atoms with van der Waals surface area (Å²) in [4.78, 5) is 0. The highest BCUT2D eigenvalue weighted by atomic mass is 19.1. The highest BCUT2D eigenvalue weighted by Gasteiger charge is 2.25. The fourth-order valence-corrected chi connectivity index (χ4v) is 2.98. The number of benzene rings is 2. The van der Waals surface area contributed by atoms with Crippen molar-refractivity contribution >= 4 is 22.9 Å². The molecule has 134 valence electrons. The maximum atomic E-state index is 13.1. The fraction of sp³-hybridized carbons (Fsp3) is 0.250. The maximum absolute atomic E-state index is 13.1. The number of anilines is 4. The second kappa shape index (κ2) is 6.71. The van der Waals surface area contributed by atoms with Gasteiger partial charge in [-0.2, -0.15) is 5.10 Å². The van der Waals surface area contributed by atoms with Gasteiger partial charge in [-0.15, -0.1) is 0 Å². The predicted molar refractivity (Wildman–Crippen MR) is 103 cm³/mol. The smallest absolute Gasteiger partial charge is 0.152 e. The monoisotopic (exact) mass is 351 g/mol. The SMILES string of the molecule is CC(Nc1ccc(N)c(Nc2cc(C3CC3)[nH]n2)c1)c1ccc(F)cc1. The van der Waals surface area contributed by atoms with Crippen LogP contribution in [0, 0.1) is 5.82 Å². The lowest BCUT2D eigenvalue weighted by molar-refractivity contribution is 0.626. The standard InChI is InChI=1S/C20H22FN5/c1-12(13-4-6-15(21)7-5-13)23-16-8-9-17(22)19(10-16)24-20-11-18(25-26-20)14-2-3-14/h4-12,14,23H,2-3,22H2,1H3,(H2,24,25,26). The van der Waals surface area contributed by atoms with Crippen LogP contribution in [0.25, 0.3) is 0 Å². The van der Waals surface area contributed by atoms with Crippen LogP contribution in [-0.2, 0) is 0 Å². The normalized spacial score (nSPS) is 14.8. The van der Waals surface area contributed by atoms with Gasteiger partial charge in [0.05, 0.1) is 11.4 Å². The molecule has 5 N–H and O–H groups in total. The first-order chi connectivity index (χ1) is 12.6. The number of nitrogens with zero attached hydrogens (tertiary/aromatic N) is 1. The summed E-state index contributed by atoms with van der Waals surface area (Å²) in [6.07, 6.45) is 2.45. The fourth-order valence-electron chi connectivity index (χ4n) is 2.98. The zero-order valence-corrected chi connectivity index (χ0v) is 14.6. The molecule has 2 aromatic carbocycles. The van der Waals surface area contributed by atoms with Crippen LogP contribution in [0.1, 0.15) is 43.0 Å². The van der Waals surface area contributed by atoms with Crippen LogP contribution in [0.5, 0.6) is 0 Å². The van der Waals surface area contributed by atoms with E-state index in [4.69, 9.17) is 5.73 Å². The molecule has 1 unspecified atom stereocenters. The summed E-state index contributed by atoms with van der Waals surface area (Å²) in [5.74, 6) is 1.16. The van der Waals surface area contributed by atoms with Crippen molar-refractivity contribution in [3.05, 3.63) is 65.6 Å². The number of nitrogens with one attached hydrogen (secondary N) is 3. The van der Waals surface area contributed by atoms with Crippen LogP contribution in [0.15, 0.2) is 48.5 Å². The Morgan fingerprint density at radius 2 is 1.92 bits per heavy atom. The molecule has 4 rings (SSSR count). The quantitative estimate of drug-likeness (QED) is 0.475. The van der Waals surface area contributed by atoms with E-state index < -0.39 is 0 Å². The van der Waals surface area contributed by atoms with Gasteiger partial charge in [-0.05, 0) is 55.7 Å². The van der Waals surface area contributed by atoms with Gasteiger partial charge in [0.25, 0.3) is 0 Å². The minimum atomic E-state index is -0.232. The lowest BCUT2D eigenvalue weighted by Crippen LogP contribution is -2.07. The number of nitrogen functional groups attached to an aromatic ring is 1. The van der Waals surface area contributed by atoms with Crippen molar-refractivity contribution in [3.8, 4) is 0 Å². The van der Waals surface area contributed by atoms with Gasteiger partial charge in [-0.1, -0.05) is 12.1 Å². The second-order valence-electron chi connectivity index (χ2n) is 6.83. The molecule has 26 heavy (non-hydrogen) atoms. The van der Waals surface area contributed by atoms with Crippen molar-refractivity contribution in [1.29, 1.82) is 0 Å². The van der Waals surface area contributed by atoms with E-state index in [9.17, 15) is 4.39 Å². The van der Waals surface area contributed by atoms with E-state index in [1.807, 2.05) is 31.2 Å². The van der Waals surface area contributed by atoms with Crippen LogP contribution in [0.4, 0.5) is 27.3 Å². The molecule has 1 heterocycles. The number of nitrogens with two attached hydrogens (primary N) is 1. The Hall–Kier alpha value is -3.02. The average molecular weight is 351 g/mol. The number of aromatic nitrogens is 2. The van der Waals surface area contributed by atoms with Gasteiger partial charge >= 0.3 is 0 Å². The highest BCUT2D eigenvalue weighted by molar-refractivity contribution is 5.75. The van der Waals surface area contributed by atoms with Crippen LogP contribution >= 0.6 is 0 Å². The van der Waals surface area contributed by atoms with E-state index in [0.717, 1.165) is 22.8 Å².